The Kier molecular flexibility index (Phi) is 4.62. The Bertz CT molecular complexity index is 452. The molecule has 0 bridgehead atoms. The lowest BCUT2D eigenvalue weighted by Crippen LogP contribution is -2.25. The van der Waals surface area contributed by atoms with Crippen LogP contribution in [0.3, 0.4) is 0 Å². The summed E-state index contributed by atoms with van der Waals surface area (Å²) < 4.78 is 21.4. The van der Waals surface area contributed by atoms with Gasteiger partial charge in [0.25, 0.3) is 0 Å². The molecule has 0 radical (unpaired) electrons. The number of methoxy groups -OCH3 is 1. The van der Waals surface area contributed by atoms with Crippen LogP contribution in [0.2, 0.25) is 0 Å². The minimum Gasteiger partial charge on any atom is -0.491 e. The van der Waals surface area contributed by atoms with E-state index in [0.29, 0.717) is 13.2 Å². The highest BCUT2D eigenvalue weighted by atomic mass is 16.7. The molecule has 0 amide bonds. The van der Waals surface area contributed by atoms with Gasteiger partial charge in [-0.15, -0.1) is 0 Å². The van der Waals surface area contributed by atoms with Crippen LogP contribution in [-0.2, 0) is 25.4 Å². The Hall–Kier alpha value is -1.59. The zero-order valence-electron chi connectivity index (χ0n) is 12.0. The molecule has 0 N–H and O–H groups in total. The summed E-state index contributed by atoms with van der Waals surface area (Å²) in [6, 6.07) is 7.36. The third-order valence-corrected chi connectivity index (χ3v) is 3.00. The molecule has 2 rings (SSSR count). The molecule has 1 aliphatic rings. The highest BCUT2D eigenvalue weighted by Crippen LogP contribution is 2.23. The lowest BCUT2D eigenvalue weighted by Gasteiger charge is -2.17. The molecule has 0 saturated carbocycles. The van der Waals surface area contributed by atoms with Gasteiger partial charge in [-0.2, -0.15) is 0 Å². The van der Waals surface area contributed by atoms with E-state index in [1.54, 1.807) is 0 Å². The first-order valence-electron chi connectivity index (χ1n) is 6.59. The largest absolute Gasteiger partial charge is 0.491 e. The highest BCUT2D eigenvalue weighted by Gasteiger charge is 2.32. The Morgan fingerprint density at radius 2 is 2.05 bits per heavy atom. The molecule has 5 heteroatoms. The second kappa shape index (κ2) is 6.24. The number of ether oxygens (including phenoxy) is 4. The van der Waals surface area contributed by atoms with Gasteiger partial charge in [0.15, 0.2) is 5.79 Å². The predicted octanol–water partition coefficient (Wildman–Crippen LogP) is 1.93. The molecule has 1 aromatic rings. The SMILES string of the molecule is COC(=O)Cc1ccc(OC[C@H]2COC(C)(C)O2)cc1. The van der Waals surface area contributed by atoms with Gasteiger partial charge >= 0.3 is 5.97 Å². The molecular weight excluding hydrogens is 260 g/mol. The minimum atomic E-state index is -0.529. The highest BCUT2D eigenvalue weighted by molar-refractivity contribution is 5.72. The summed E-state index contributed by atoms with van der Waals surface area (Å²) in [5, 5.41) is 0. The standard InChI is InChI=1S/C15H20O5/c1-15(2)19-10-13(20-15)9-18-12-6-4-11(5-7-12)8-14(16)17-3/h4-7,13H,8-10H2,1-3H3/t13-/m0/s1. The van der Waals surface area contributed by atoms with Crippen molar-refractivity contribution in [3.63, 3.8) is 0 Å². The average Bonchev–Trinajstić information content (AvgIpc) is 2.77. The van der Waals surface area contributed by atoms with Gasteiger partial charge in [0.2, 0.25) is 0 Å². The van der Waals surface area contributed by atoms with E-state index in [4.69, 9.17) is 14.2 Å². The van der Waals surface area contributed by atoms with Crippen molar-refractivity contribution in [2.24, 2.45) is 0 Å². The van der Waals surface area contributed by atoms with Crippen molar-refractivity contribution < 1.29 is 23.7 Å². The number of rotatable bonds is 5. The van der Waals surface area contributed by atoms with Crippen LogP contribution in [0.4, 0.5) is 0 Å². The summed E-state index contributed by atoms with van der Waals surface area (Å²) in [6.45, 7) is 4.75. The first-order chi connectivity index (χ1) is 9.48. The Morgan fingerprint density at radius 3 is 2.60 bits per heavy atom. The first kappa shape index (κ1) is 14.8. The molecular formula is C15H20O5. The van der Waals surface area contributed by atoms with Crippen LogP contribution < -0.4 is 4.74 Å². The maximum atomic E-state index is 11.1. The van der Waals surface area contributed by atoms with E-state index in [2.05, 4.69) is 4.74 Å². The maximum absolute atomic E-state index is 11.1. The summed E-state index contributed by atoms with van der Waals surface area (Å²) in [7, 11) is 1.38. The van der Waals surface area contributed by atoms with Crippen LogP contribution in [0.25, 0.3) is 0 Å². The van der Waals surface area contributed by atoms with E-state index in [9.17, 15) is 4.79 Å². The van der Waals surface area contributed by atoms with E-state index in [1.807, 2.05) is 38.1 Å². The maximum Gasteiger partial charge on any atom is 0.309 e. The van der Waals surface area contributed by atoms with Crippen LogP contribution in [0.1, 0.15) is 19.4 Å². The van der Waals surface area contributed by atoms with Crippen molar-refractivity contribution in [2.45, 2.75) is 32.2 Å². The van der Waals surface area contributed by atoms with E-state index >= 15 is 0 Å². The van der Waals surface area contributed by atoms with Gasteiger partial charge in [-0.25, -0.2) is 0 Å². The fraction of sp³-hybridized carbons (Fsp3) is 0.533. The molecule has 20 heavy (non-hydrogen) atoms. The lowest BCUT2D eigenvalue weighted by atomic mass is 10.1. The zero-order valence-corrected chi connectivity index (χ0v) is 12.0. The van der Waals surface area contributed by atoms with Crippen molar-refractivity contribution in [1.82, 2.24) is 0 Å². The second-order valence-corrected chi connectivity index (χ2v) is 5.16. The van der Waals surface area contributed by atoms with Crippen molar-refractivity contribution in [2.75, 3.05) is 20.3 Å². The molecule has 110 valence electrons. The molecule has 0 spiro atoms. The fourth-order valence-corrected chi connectivity index (χ4v) is 1.98. The Labute approximate surface area is 118 Å². The molecule has 0 unspecified atom stereocenters. The smallest absolute Gasteiger partial charge is 0.309 e. The number of carbonyl (C=O) groups excluding carboxylic acids is 1. The Morgan fingerprint density at radius 1 is 1.35 bits per heavy atom. The minimum absolute atomic E-state index is 0.0558. The summed E-state index contributed by atoms with van der Waals surface area (Å²) >= 11 is 0. The molecule has 1 saturated heterocycles. The van der Waals surface area contributed by atoms with Gasteiger partial charge in [-0.05, 0) is 31.5 Å². The lowest BCUT2D eigenvalue weighted by molar-refractivity contribution is -0.141. The van der Waals surface area contributed by atoms with E-state index < -0.39 is 5.79 Å². The first-order valence-corrected chi connectivity index (χ1v) is 6.59. The molecule has 1 fully saturated rings. The third kappa shape index (κ3) is 4.21. The topological polar surface area (TPSA) is 54.0 Å². The summed E-state index contributed by atoms with van der Waals surface area (Å²) in [5.41, 5.74) is 0.894. The van der Waals surface area contributed by atoms with Gasteiger partial charge < -0.3 is 18.9 Å². The van der Waals surface area contributed by atoms with Crippen LogP contribution in [0.5, 0.6) is 5.75 Å². The number of hydrogen-bond acceptors (Lipinski definition) is 5. The number of hydrogen-bond donors (Lipinski definition) is 0. The van der Waals surface area contributed by atoms with Crippen LogP contribution >= 0.6 is 0 Å². The average molecular weight is 280 g/mol. The Balaban J connectivity index is 1.81. The van der Waals surface area contributed by atoms with Crippen LogP contribution in [-0.4, -0.2) is 38.2 Å². The van der Waals surface area contributed by atoms with Gasteiger partial charge in [0.05, 0.1) is 20.1 Å². The normalized spacial score (nSPS) is 20.6. The summed E-state index contributed by atoms with van der Waals surface area (Å²) in [5.74, 6) is -0.0393. The van der Waals surface area contributed by atoms with Gasteiger partial charge in [0.1, 0.15) is 18.5 Å². The van der Waals surface area contributed by atoms with Crippen molar-refractivity contribution in [3.8, 4) is 5.75 Å². The molecule has 5 nitrogen and oxygen atoms in total. The number of carbonyl (C=O) groups is 1. The van der Waals surface area contributed by atoms with Crippen LogP contribution in [0, 0.1) is 0 Å². The molecule has 0 aliphatic carbocycles. The van der Waals surface area contributed by atoms with Gasteiger partial charge in [0, 0.05) is 0 Å². The number of esters is 1. The molecule has 1 heterocycles. The molecule has 0 aromatic heterocycles. The third-order valence-electron chi connectivity index (χ3n) is 3.00. The van der Waals surface area contributed by atoms with Gasteiger partial charge in [-0.3, -0.25) is 4.79 Å². The zero-order chi connectivity index (χ0) is 14.6. The van der Waals surface area contributed by atoms with Crippen LogP contribution in [0.15, 0.2) is 24.3 Å². The van der Waals surface area contributed by atoms with E-state index in [-0.39, 0.29) is 18.5 Å². The van der Waals surface area contributed by atoms with Crippen molar-refractivity contribution in [1.29, 1.82) is 0 Å². The predicted molar refractivity (Wildman–Crippen MR) is 72.6 cm³/mol. The van der Waals surface area contributed by atoms with E-state index in [1.165, 1.54) is 7.11 Å². The molecule has 1 aliphatic heterocycles. The summed E-state index contributed by atoms with van der Waals surface area (Å²) in [6.07, 6.45) is 0.213. The quantitative estimate of drug-likeness (QED) is 0.771. The van der Waals surface area contributed by atoms with Gasteiger partial charge in [-0.1, -0.05) is 12.1 Å². The van der Waals surface area contributed by atoms with Crippen molar-refractivity contribution >= 4 is 5.97 Å². The monoisotopic (exact) mass is 280 g/mol. The molecule has 1 atom stereocenters. The molecule has 1 aromatic carbocycles. The second-order valence-electron chi connectivity index (χ2n) is 5.16. The fourth-order valence-electron chi connectivity index (χ4n) is 1.98. The van der Waals surface area contributed by atoms with Crippen molar-refractivity contribution in [3.05, 3.63) is 29.8 Å². The number of benzene rings is 1. The summed E-state index contributed by atoms with van der Waals surface area (Å²) in [4.78, 5) is 11.1. The van der Waals surface area contributed by atoms with E-state index in [0.717, 1.165) is 11.3 Å².